The fourth-order valence-electron chi connectivity index (χ4n) is 2.97. The van der Waals surface area contributed by atoms with Crippen molar-refractivity contribution in [3.05, 3.63) is 47.2 Å². The van der Waals surface area contributed by atoms with Crippen molar-refractivity contribution in [1.29, 1.82) is 0 Å². The minimum atomic E-state index is -0.968. The van der Waals surface area contributed by atoms with E-state index in [9.17, 15) is 14.7 Å². The summed E-state index contributed by atoms with van der Waals surface area (Å²) in [4.78, 5) is 25.6. The summed E-state index contributed by atoms with van der Waals surface area (Å²) in [6.45, 7) is 2.44. The van der Waals surface area contributed by atoms with Crippen molar-refractivity contribution in [2.45, 2.75) is 25.8 Å². The van der Waals surface area contributed by atoms with E-state index in [-0.39, 0.29) is 11.6 Å². The zero-order valence-corrected chi connectivity index (χ0v) is 14.0. The number of aromatic nitrogens is 2. The van der Waals surface area contributed by atoms with Crippen LogP contribution in [-0.2, 0) is 4.79 Å². The number of likely N-dealkylation sites (tertiary alicyclic amines) is 1. The van der Waals surface area contributed by atoms with Gasteiger partial charge >= 0.3 is 5.97 Å². The van der Waals surface area contributed by atoms with Crippen LogP contribution in [0.4, 0.5) is 0 Å². The summed E-state index contributed by atoms with van der Waals surface area (Å²) in [6, 6.07) is 7.93. The molecule has 1 aromatic carbocycles. The number of carboxylic acids is 1. The van der Waals surface area contributed by atoms with Crippen molar-refractivity contribution >= 4 is 23.5 Å². The fraction of sp³-hybridized carbons (Fsp3) is 0.353. The Morgan fingerprint density at radius 1 is 1.33 bits per heavy atom. The molecule has 1 amide bonds. The molecular weight excluding hydrogens is 330 g/mol. The van der Waals surface area contributed by atoms with Gasteiger partial charge in [0, 0.05) is 17.8 Å². The molecule has 2 unspecified atom stereocenters. The summed E-state index contributed by atoms with van der Waals surface area (Å²) >= 11 is 5.97. The Labute approximate surface area is 144 Å². The molecule has 0 bridgehead atoms. The monoisotopic (exact) mass is 347 g/mol. The van der Waals surface area contributed by atoms with Crippen LogP contribution in [0.2, 0.25) is 5.02 Å². The van der Waals surface area contributed by atoms with Gasteiger partial charge in [-0.3, -0.25) is 4.79 Å². The average molecular weight is 348 g/mol. The summed E-state index contributed by atoms with van der Waals surface area (Å²) in [5.74, 6) is -1.03. The molecule has 1 saturated heterocycles. The number of amides is 1. The largest absolute Gasteiger partial charge is 0.480 e. The Kier molecular flexibility index (Phi) is 4.57. The third kappa shape index (κ3) is 3.28. The first kappa shape index (κ1) is 16.5. The van der Waals surface area contributed by atoms with Crippen LogP contribution in [-0.4, -0.2) is 44.3 Å². The molecule has 126 valence electrons. The van der Waals surface area contributed by atoms with Crippen LogP contribution in [0.25, 0.3) is 5.69 Å². The number of halogens is 1. The highest BCUT2D eigenvalue weighted by molar-refractivity contribution is 6.30. The molecule has 1 N–H and O–H groups in total. The first-order valence-corrected chi connectivity index (χ1v) is 8.19. The number of piperidine rings is 1. The molecule has 2 aromatic rings. The van der Waals surface area contributed by atoms with Gasteiger partial charge in [-0.1, -0.05) is 24.6 Å². The van der Waals surface area contributed by atoms with Crippen LogP contribution in [0.3, 0.4) is 0 Å². The smallest absolute Gasteiger partial charge is 0.326 e. The lowest BCUT2D eigenvalue weighted by Gasteiger charge is -2.35. The number of carbonyl (C=O) groups is 2. The lowest BCUT2D eigenvalue weighted by molar-refractivity contribution is -0.144. The molecule has 1 aliphatic heterocycles. The maximum Gasteiger partial charge on any atom is 0.326 e. The van der Waals surface area contributed by atoms with Gasteiger partial charge in [0.15, 0.2) is 5.69 Å². The maximum absolute atomic E-state index is 12.7. The van der Waals surface area contributed by atoms with Gasteiger partial charge in [0.25, 0.3) is 5.91 Å². The molecular formula is C17H18ClN3O3. The maximum atomic E-state index is 12.7. The Morgan fingerprint density at radius 3 is 2.83 bits per heavy atom. The van der Waals surface area contributed by atoms with E-state index in [1.54, 1.807) is 35.1 Å². The van der Waals surface area contributed by atoms with Crippen molar-refractivity contribution in [2.24, 2.45) is 5.92 Å². The van der Waals surface area contributed by atoms with Crippen LogP contribution in [0.15, 0.2) is 36.5 Å². The number of aliphatic carboxylic acids is 1. The van der Waals surface area contributed by atoms with E-state index in [1.165, 1.54) is 4.90 Å². The van der Waals surface area contributed by atoms with Gasteiger partial charge in [0.1, 0.15) is 6.04 Å². The number of nitrogens with zero attached hydrogens (tertiary/aromatic N) is 3. The van der Waals surface area contributed by atoms with Crippen LogP contribution in [0.1, 0.15) is 30.3 Å². The second-order valence-electron chi connectivity index (χ2n) is 6.11. The molecule has 24 heavy (non-hydrogen) atoms. The highest BCUT2D eigenvalue weighted by Crippen LogP contribution is 2.24. The molecule has 2 heterocycles. The highest BCUT2D eigenvalue weighted by atomic mass is 35.5. The van der Waals surface area contributed by atoms with E-state index in [0.717, 1.165) is 12.1 Å². The number of hydrogen-bond acceptors (Lipinski definition) is 3. The minimum Gasteiger partial charge on any atom is -0.480 e. The fourth-order valence-corrected chi connectivity index (χ4v) is 3.15. The molecule has 1 aliphatic rings. The quantitative estimate of drug-likeness (QED) is 0.926. The number of carboxylic acid groups (broad SMARTS) is 1. The second kappa shape index (κ2) is 6.65. The van der Waals surface area contributed by atoms with E-state index in [0.29, 0.717) is 23.9 Å². The van der Waals surface area contributed by atoms with Crippen LogP contribution < -0.4 is 0 Å². The first-order chi connectivity index (χ1) is 11.5. The number of carbonyl (C=O) groups excluding carboxylic acids is 1. The summed E-state index contributed by atoms with van der Waals surface area (Å²) in [7, 11) is 0. The highest BCUT2D eigenvalue weighted by Gasteiger charge is 2.35. The molecule has 1 fully saturated rings. The third-order valence-corrected chi connectivity index (χ3v) is 4.53. The minimum absolute atomic E-state index is 0.232. The third-order valence-electron chi connectivity index (χ3n) is 4.29. The molecule has 0 saturated carbocycles. The molecule has 7 heteroatoms. The molecule has 1 aromatic heterocycles. The molecule has 3 rings (SSSR count). The van der Waals surface area contributed by atoms with Gasteiger partial charge in [0.05, 0.1) is 5.69 Å². The van der Waals surface area contributed by atoms with Gasteiger partial charge in [-0.15, -0.1) is 0 Å². The van der Waals surface area contributed by atoms with Gasteiger partial charge in [-0.2, -0.15) is 5.10 Å². The topological polar surface area (TPSA) is 75.4 Å². The van der Waals surface area contributed by atoms with E-state index in [4.69, 9.17) is 11.6 Å². The zero-order chi connectivity index (χ0) is 17.3. The van der Waals surface area contributed by atoms with Crippen LogP contribution >= 0.6 is 11.6 Å². The molecule has 0 aliphatic carbocycles. The number of benzene rings is 1. The summed E-state index contributed by atoms with van der Waals surface area (Å²) in [5, 5.41) is 14.3. The lowest BCUT2D eigenvalue weighted by Crippen LogP contribution is -2.49. The Hall–Kier alpha value is -2.34. The van der Waals surface area contributed by atoms with E-state index < -0.39 is 12.0 Å². The van der Waals surface area contributed by atoms with Crippen LogP contribution in [0, 0.1) is 5.92 Å². The summed E-state index contributed by atoms with van der Waals surface area (Å²) < 4.78 is 1.56. The molecule has 6 nitrogen and oxygen atoms in total. The first-order valence-electron chi connectivity index (χ1n) is 7.81. The normalized spacial score (nSPS) is 20.8. The van der Waals surface area contributed by atoms with E-state index in [1.807, 2.05) is 13.0 Å². The van der Waals surface area contributed by atoms with Gasteiger partial charge in [0.2, 0.25) is 0 Å². The van der Waals surface area contributed by atoms with Crippen molar-refractivity contribution in [2.75, 3.05) is 6.54 Å². The predicted molar refractivity (Wildman–Crippen MR) is 89.4 cm³/mol. The number of hydrogen-bond donors (Lipinski definition) is 1. The zero-order valence-electron chi connectivity index (χ0n) is 13.2. The summed E-state index contributed by atoms with van der Waals surface area (Å²) in [6.07, 6.45) is 2.93. The van der Waals surface area contributed by atoms with Crippen molar-refractivity contribution in [3.8, 4) is 5.69 Å². The van der Waals surface area contributed by atoms with E-state index in [2.05, 4.69) is 5.10 Å². The van der Waals surface area contributed by atoms with Crippen molar-refractivity contribution < 1.29 is 14.7 Å². The SMILES string of the molecule is CC1CCN(C(=O)c2ccn(-c3cccc(Cl)c3)n2)C(C(=O)O)C1. The predicted octanol–water partition coefficient (Wildman–Crippen LogP) is 2.85. The van der Waals surface area contributed by atoms with Crippen molar-refractivity contribution in [1.82, 2.24) is 14.7 Å². The van der Waals surface area contributed by atoms with Crippen LogP contribution in [0.5, 0.6) is 0 Å². The number of rotatable bonds is 3. The Bertz CT molecular complexity index is 774. The van der Waals surface area contributed by atoms with E-state index >= 15 is 0 Å². The Balaban J connectivity index is 1.84. The molecule has 0 radical (unpaired) electrons. The molecule has 0 spiro atoms. The second-order valence-corrected chi connectivity index (χ2v) is 6.54. The summed E-state index contributed by atoms with van der Waals surface area (Å²) in [5.41, 5.74) is 0.972. The van der Waals surface area contributed by atoms with Gasteiger partial charge in [-0.05, 0) is 43.0 Å². The van der Waals surface area contributed by atoms with Gasteiger partial charge in [-0.25, -0.2) is 9.48 Å². The van der Waals surface area contributed by atoms with Crippen molar-refractivity contribution in [3.63, 3.8) is 0 Å². The average Bonchev–Trinajstić information content (AvgIpc) is 3.04. The molecule has 2 atom stereocenters. The Morgan fingerprint density at radius 2 is 2.12 bits per heavy atom. The standard InChI is InChI=1S/C17H18ClN3O3/c1-11-5-7-20(15(9-11)17(23)24)16(22)14-6-8-21(19-14)13-4-2-3-12(18)10-13/h2-4,6,8,10-11,15H,5,7,9H2,1H3,(H,23,24). The lowest BCUT2D eigenvalue weighted by atomic mass is 9.92. The van der Waals surface area contributed by atoms with Gasteiger partial charge < -0.3 is 10.0 Å².